The van der Waals surface area contributed by atoms with Crippen LogP contribution < -0.4 is 15.4 Å². The molecule has 7 heteroatoms. The Morgan fingerprint density at radius 1 is 0.886 bits per heavy atom. The number of methoxy groups -OCH3 is 1. The highest BCUT2D eigenvalue weighted by Crippen LogP contribution is 2.16. The molecular formula is C28H28N4O3. The number of carbonyl (C=O) groups excluding carboxylic acids is 2. The zero-order valence-corrected chi connectivity index (χ0v) is 19.8. The van der Waals surface area contributed by atoms with Gasteiger partial charge in [0, 0.05) is 24.1 Å². The lowest BCUT2D eigenvalue weighted by Gasteiger charge is -2.08. The van der Waals surface area contributed by atoms with Gasteiger partial charge < -0.3 is 19.9 Å². The van der Waals surface area contributed by atoms with Gasteiger partial charge in [0.05, 0.1) is 19.9 Å². The highest BCUT2D eigenvalue weighted by Gasteiger charge is 2.10. The van der Waals surface area contributed by atoms with E-state index < -0.39 is 0 Å². The first-order valence-corrected chi connectivity index (χ1v) is 11.5. The van der Waals surface area contributed by atoms with Crippen LogP contribution in [0.1, 0.15) is 34.1 Å². The standard InChI is InChI=1S/C28H28N4O3/c1-3-20-7-11-24(12-8-20)31-28(34)26-18-32(19-29-26)17-21-9-13-23(14-10-21)30-27(33)16-22-5-4-6-25(15-22)35-2/h4-15,18-19H,3,16-17H2,1-2H3,(H,30,33)(H,31,34). The maximum Gasteiger partial charge on any atom is 0.275 e. The second-order valence-corrected chi connectivity index (χ2v) is 8.21. The average Bonchev–Trinajstić information content (AvgIpc) is 3.34. The lowest BCUT2D eigenvalue weighted by atomic mass is 10.1. The Morgan fingerprint density at radius 2 is 1.57 bits per heavy atom. The fourth-order valence-electron chi connectivity index (χ4n) is 3.66. The Balaban J connectivity index is 1.30. The summed E-state index contributed by atoms with van der Waals surface area (Å²) in [7, 11) is 1.60. The molecule has 2 N–H and O–H groups in total. The molecule has 1 aromatic heterocycles. The molecule has 7 nitrogen and oxygen atoms in total. The first kappa shape index (κ1) is 23.8. The molecule has 4 aromatic rings. The van der Waals surface area contributed by atoms with Gasteiger partial charge in [-0.15, -0.1) is 0 Å². The fraction of sp³-hybridized carbons (Fsp3) is 0.179. The van der Waals surface area contributed by atoms with E-state index in [0.29, 0.717) is 12.2 Å². The van der Waals surface area contributed by atoms with Gasteiger partial charge in [-0.05, 0) is 59.5 Å². The molecule has 178 valence electrons. The van der Waals surface area contributed by atoms with Crippen LogP contribution >= 0.6 is 0 Å². The summed E-state index contributed by atoms with van der Waals surface area (Å²) in [6.45, 7) is 2.65. The fourth-order valence-corrected chi connectivity index (χ4v) is 3.66. The lowest BCUT2D eigenvalue weighted by molar-refractivity contribution is -0.115. The van der Waals surface area contributed by atoms with Crippen LogP contribution in [0.4, 0.5) is 11.4 Å². The van der Waals surface area contributed by atoms with Gasteiger partial charge in [-0.2, -0.15) is 0 Å². The minimum atomic E-state index is -0.248. The van der Waals surface area contributed by atoms with Gasteiger partial charge in [0.25, 0.3) is 5.91 Å². The Hall–Kier alpha value is -4.39. The number of hydrogen-bond acceptors (Lipinski definition) is 4. The Morgan fingerprint density at radius 3 is 2.26 bits per heavy atom. The summed E-state index contributed by atoms with van der Waals surface area (Å²) in [6.07, 6.45) is 4.58. The van der Waals surface area contributed by atoms with Crippen LogP contribution in [0.25, 0.3) is 0 Å². The molecule has 0 unspecified atom stereocenters. The molecule has 0 spiro atoms. The van der Waals surface area contributed by atoms with Gasteiger partial charge in [0.1, 0.15) is 11.4 Å². The van der Waals surface area contributed by atoms with Gasteiger partial charge in [-0.1, -0.05) is 43.3 Å². The third-order valence-corrected chi connectivity index (χ3v) is 5.59. The number of rotatable bonds is 9. The minimum Gasteiger partial charge on any atom is -0.497 e. The van der Waals surface area contributed by atoms with E-state index in [-0.39, 0.29) is 18.2 Å². The molecule has 2 amide bonds. The van der Waals surface area contributed by atoms with Crippen LogP contribution in [0, 0.1) is 0 Å². The monoisotopic (exact) mass is 468 g/mol. The zero-order chi connectivity index (χ0) is 24.6. The number of aryl methyl sites for hydroxylation is 1. The van der Waals surface area contributed by atoms with E-state index >= 15 is 0 Å². The van der Waals surface area contributed by atoms with Crippen molar-refractivity contribution in [1.29, 1.82) is 0 Å². The summed E-state index contributed by atoms with van der Waals surface area (Å²) in [5, 5.41) is 5.79. The number of aromatic nitrogens is 2. The SMILES string of the molecule is CCc1ccc(NC(=O)c2cn(Cc3ccc(NC(=O)Cc4cccc(OC)c4)cc3)cn2)cc1. The number of benzene rings is 3. The molecule has 0 fully saturated rings. The highest BCUT2D eigenvalue weighted by atomic mass is 16.5. The quantitative estimate of drug-likeness (QED) is 0.365. The Labute approximate surface area is 204 Å². The number of nitrogens with zero attached hydrogens (tertiary/aromatic N) is 2. The molecule has 1 heterocycles. The van der Waals surface area contributed by atoms with E-state index in [1.165, 1.54) is 5.56 Å². The Kier molecular flexibility index (Phi) is 7.57. The number of ether oxygens (including phenoxy) is 1. The van der Waals surface area contributed by atoms with Crippen molar-refractivity contribution in [2.75, 3.05) is 17.7 Å². The summed E-state index contributed by atoms with van der Waals surface area (Å²) in [6, 6.07) is 22.9. The van der Waals surface area contributed by atoms with Gasteiger partial charge >= 0.3 is 0 Å². The molecule has 35 heavy (non-hydrogen) atoms. The summed E-state index contributed by atoms with van der Waals surface area (Å²) in [5.41, 5.74) is 4.94. The van der Waals surface area contributed by atoms with Crippen LogP contribution in [0.5, 0.6) is 5.75 Å². The Bertz CT molecular complexity index is 1290. The number of nitrogens with one attached hydrogen (secondary N) is 2. The van der Waals surface area contributed by atoms with Crippen LogP contribution in [-0.2, 0) is 24.2 Å². The number of carbonyl (C=O) groups is 2. The first-order valence-electron chi connectivity index (χ1n) is 11.5. The topological polar surface area (TPSA) is 85.2 Å². The van der Waals surface area contributed by atoms with E-state index in [1.807, 2.05) is 77.4 Å². The third kappa shape index (κ3) is 6.57. The van der Waals surface area contributed by atoms with Crippen LogP contribution in [0.2, 0.25) is 0 Å². The molecular weight excluding hydrogens is 440 g/mol. The minimum absolute atomic E-state index is 0.0967. The molecule has 0 aliphatic carbocycles. The number of anilines is 2. The molecule has 0 saturated heterocycles. The van der Waals surface area contributed by atoms with E-state index in [9.17, 15) is 9.59 Å². The summed E-state index contributed by atoms with van der Waals surface area (Å²) in [4.78, 5) is 29.1. The van der Waals surface area contributed by atoms with Crippen LogP contribution in [0.3, 0.4) is 0 Å². The third-order valence-electron chi connectivity index (χ3n) is 5.59. The summed E-state index contributed by atoms with van der Waals surface area (Å²) in [5.74, 6) is 0.383. The maximum atomic E-state index is 12.5. The van der Waals surface area contributed by atoms with Crippen molar-refractivity contribution in [2.45, 2.75) is 26.3 Å². The van der Waals surface area contributed by atoms with Crippen molar-refractivity contribution in [2.24, 2.45) is 0 Å². The summed E-state index contributed by atoms with van der Waals surface area (Å²) < 4.78 is 7.06. The summed E-state index contributed by atoms with van der Waals surface area (Å²) >= 11 is 0. The largest absolute Gasteiger partial charge is 0.497 e. The zero-order valence-electron chi connectivity index (χ0n) is 19.8. The van der Waals surface area contributed by atoms with Crippen molar-refractivity contribution in [3.05, 3.63) is 108 Å². The number of hydrogen-bond donors (Lipinski definition) is 2. The maximum absolute atomic E-state index is 12.5. The van der Waals surface area contributed by atoms with Crippen molar-refractivity contribution in [3.8, 4) is 5.75 Å². The molecule has 0 aliphatic rings. The molecule has 0 bridgehead atoms. The van der Waals surface area contributed by atoms with Gasteiger partial charge in [-0.3, -0.25) is 9.59 Å². The predicted molar refractivity (Wildman–Crippen MR) is 137 cm³/mol. The lowest BCUT2D eigenvalue weighted by Crippen LogP contribution is -2.14. The highest BCUT2D eigenvalue weighted by molar-refractivity contribution is 6.02. The molecule has 0 atom stereocenters. The van der Waals surface area contributed by atoms with Gasteiger partial charge in [-0.25, -0.2) is 4.98 Å². The molecule has 0 radical (unpaired) electrons. The van der Waals surface area contributed by atoms with Crippen LogP contribution in [0.15, 0.2) is 85.3 Å². The number of imidazole rings is 1. The van der Waals surface area contributed by atoms with E-state index in [2.05, 4.69) is 22.5 Å². The average molecular weight is 469 g/mol. The number of amides is 2. The molecule has 0 saturated carbocycles. The van der Waals surface area contributed by atoms with Crippen molar-refractivity contribution < 1.29 is 14.3 Å². The molecule has 4 rings (SSSR count). The van der Waals surface area contributed by atoms with Crippen LogP contribution in [-0.4, -0.2) is 28.5 Å². The van der Waals surface area contributed by atoms with Crippen molar-refractivity contribution >= 4 is 23.2 Å². The van der Waals surface area contributed by atoms with E-state index in [0.717, 1.165) is 34.7 Å². The second kappa shape index (κ2) is 11.2. The second-order valence-electron chi connectivity index (χ2n) is 8.21. The van der Waals surface area contributed by atoms with Crippen molar-refractivity contribution in [1.82, 2.24) is 9.55 Å². The predicted octanol–water partition coefficient (Wildman–Crippen LogP) is 4.94. The van der Waals surface area contributed by atoms with Gasteiger partial charge in [0.15, 0.2) is 0 Å². The van der Waals surface area contributed by atoms with E-state index in [4.69, 9.17) is 4.74 Å². The first-order chi connectivity index (χ1) is 17.0. The smallest absolute Gasteiger partial charge is 0.275 e. The normalized spacial score (nSPS) is 10.6. The van der Waals surface area contributed by atoms with Gasteiger partial charge in [0.2, 0.25) is 5.91 Å². The molecule has 3 aromatic carbocycles. The van der Waals surface area contributed by atoms with E-state index in [1.54, 1.807) is 19.6 Å². The van der Waals surface area contributed by atoms with Crippen molar-refractivity contribution in [3.63, 3.8) is 0 Å². The molecule has 0 aliphatic heterocycles.